The van der Waals surface area contributed by atoms with E-state index in [2.05, 4.69) is 0 Å². The van der Waals surface area contributed by atoms with E-state index < -0.39 is 21.4 Å². The van der Waals surface area contributed by atoms with Crippen molar-refractivity contribution >= 4 is 10.0 Å². The van der Waals surface area contributed by atoms with Crippen LogP contribution in [0.15, 0.2) is 23.1 Å². The molecule has 0 saturated heterocycles. The highest BCUT2D eigenvalue weighted by Crippen LogP contribution is 2.22. The summed E-state index contributed by atoms with van der Waals surface area (Å²) in [5, 5.41) is 9.02. The number of nitrogens with zero attached hydrogens (tertiary/aromatic N) is 2. The summed E-state index contributed by atoms with van der Waals surface area (Å²) in [7, 11) is -3.84. The molecule has 0 spiro atoms. The summed E-state index contributed by atoms with van der Waals surface area (Å²) in [6.07, 6.45) is 3.21. The standard InChI is InChI=1S/C15H21FN2O2S/c1-3-5-10-18(11-6-4-2)21(19,20)15-9-7-8-14(16)13(15)12-17/h7-9H,3-6,10-11H2,1-2H3. The fourth-order valence-corrected chi connectivity index (χ4v) is 3.66. The predicted molar refractivity (Wildman–Crippen MR) is 79.7 cm³/mol. The Morgan fingerprint density at radius 3 is 2.24 bits per heavy atom. The van der Waals surface area contributed by atoms with Crippen molar-refractivity contribution < 1.29 is 12.8 Å². The van der Waals surface area contributed by atoms with Crippen molar-refractivity contribution in [2.75, 3.05) is 13.1 Å². The summed E-state index contributed by atoms with van der Waals surface area (Å²) in [6.45, 7) is 4.74. The maximum atomic E-state index is 13.6. The first-order chi connectivity index (χ1) is 9.98. The van der Waals surface area contributed by atoms with Gasteiger partial charge in [-0.25, -0.2) is 12.8 Å². The Morgan fingerprint density at radius 1 is 1.19 bits per heavy atom. The summed E-state index contributed by atoms with van der Waals surface area (Å²) in [5.41, 5.74) is -0.407. The Morgan fingerprint density at radius 2 is 1.76 bits per heavy atom. The van der Waals surface area contributed by atoms with Gasteiger partial charge in [0.05, 0.1) is 0 Å². The van der Waals surface area contributed by atoms with Gasteiger partial charge >= 0.3 is 0 Å². The summed E-state index contributed by atoms with van der Waals surface area (Å²) >= 11 is 0. The predicted octanol–water partition coefficient (Wildman–Crippen LogP) is 3.29. The van der Waals surface area contributed by atoms with Crippen LogP contribution < -0.4 is 0 Å². The number of nitriles is 1. The van der Waals surface area contributed by atoms with Crippen LogP contribution in [0, 0.1) is 17.1 Å². The minimum absolute atomic E-state index is 0.239. The zero-order valence-electron chi connectivity index (χ0n) is 12.5. The molecule has 0 atom stereocenters. The molecule has 21 heavy (non-hydrogen) atoms. The zero-order valence-corrected chi connectivity index (χ0v) is 13.3. The lowest BCUT2D eigenvalue weighted by molar-refractivity contribution is 0.395. The third kappa shape index (κ3) is 4.26. The van der Waals surface area contributed by atoms with Gasteiger partial charge in [-0.05, 0) is 25.0 Å². The van der Waals surface area contributed by atoms with E-state index in [0.717, 1.165) is 31.7 Å². The monoisotopic (exact) mass is 312 g/mol. The molecule has 116 valence electrons. The van der Waals surface area contributed by atoms with E-state index in [0.29, 0.717) is 13.1 Å². The van der Waals surface area contributed by atoms with Gasteiger partial charge in [-0.3, -0.25) is 0 Å². The van der Waals surface area contributed by atoms with E-state index in [9.17, 15) is 12.8 Å². The molecule has 1 aromatic rings. The number of hydrogen-bond donors (Lipinski definition) is 0. The van der Waals surface area contributed by atoms with E-state index in [4.69, 9.17) is 5.26 Å². The normalized spacial score (nSPS) is 11.6. The summed E-state index contributed by atoms with van der Waals surface area (Å²) < 4.78 is 40.4. The lowest BCUT2D eigenvalue weighted by Crippen LogP contribution is -2.33. The van der Waals surface area contributed by atoms with Crippen LogP contribution >= 0.6 is 0 Å². The Kier molecular flexibility index (Phi) is 6.79. The van der Waals surface area contributed by atoms with Crippen LogP contribution in [0.4, 0.5) is 4.39 Å². The number of rotatable bonds is 8. The Labute approximate surface area is 126 Å². The largest absolute Gasteiger partial charge is 0.244 e. The Bertz CT molecular complexity index is 601. The quantitative estimate of drug-likeness (QED) is 0.740. The topological polar surface area (TPSA) is 61.2 Å². The number of sulfonamides is 1. The molecule has 0 fully saturated rings. The number of halogens is 1. The van der Waals surface area contributed by atoms with Crippen molar-refractivity contribution in [3.63, 3.8) is 0 Å². The summed E-state index contributed by atoms with van der Waals surface area (Å²) in [4.78, 5) is -0.239. The van der Waals surface area contributed by atoms with Gasteiger partial charge in [-0.1, -0.05) is 32.8 Å². The Hall–Kier alpha value is -1.45. The third-order valence-corrected chi connectivity index (χ3v) is 5.17. The van der Waals surface area contributed by atoms with Gasteiger partial charge in [0.15, 0.2) is 0 Å². The molecule has 1 rings (SSSR count). The molecule has 0 aliphatic heterocycles. The van der Waals surface area contributed by atoms with Crippen LogP contribution in [0.25, 0.3) is 0 Å². The highest BCUT2D eigenvalue weighted by Gasteiger charge is 2.27. The molecule has 0 amide bonds. The van der Waals surface area contributed by atoms with Crippen molar-refractivity contribution in [1.29, 1.82) is 5.26 Å². The van der Waals surface area contributed by atoms with E-state index in [1.54, 1.807) is 6.07 Å². The fourth-order valence-electron chi connectivity index (χ4n) is 1.99. The molecular formula is C15H21FN2O2S. The van der Waals surface area contributed by atoms with Gasteiger partial charge in [0, 0.05) is 13.1 Å². The average molecular weight is 312 g/mol. The highest BCUT2D eigenvalue weighted by atomic mass is 32.2. The second-order valence-electron chi connectivity index (χ2n) is 4.84. The van der Waals surface area contributed by atoms with Crippen molar-refractivity contribution in [2.24, 2.45) is 0 Å². The number of benzene rings is 1. The van der Waals surface area contributed by atoms with Gasteiger partial charge in [-0.2, -0.15) is 9.57 Å². The second-order valence-corrected chi connectivity index (χ2v) is 6.74. The number of hydrogen-bond acceptors (Lipinski definition) is 3. The number of unbranched alkanes of at least 4 members (excludes halogenated alkanes) is 2. The molecule has 0 N–H and O–H groups in total. The molecular weight excluding hydrogens is 291 g/mol. The van der Waals surface area contributed by atoms with Crippen LogP contribution in [0.5, 0.6) is 0 Å². The molecule has 0 aromatic heterocycles. The molecule has 0 aliphatic rings. The minimum Gasteiger partial charge on any atom is -0.207 e. The molecule has 0 saturated carbocycles. The molecule has 0 aliphatic carbocycles. The van der Waals surface area contributed by atoms with E-state index >= 15 is 0 Å². The van der Waals surface area contributed by atoms with Gasteiger partial charge in [0.1, 0.15) is 22.3 Å². The van der Waals surface area contributed by atoms with Gasteiger partial charge in [-0.15, -0.1) is 0 Å². The lowest BCUT2D eigenvalue weighted by atomic mass is 10.2. The smallest absolute Gasteiger partial charge is 0.207 e. The molecule has 0 radical (unpaired) electrons. The SMILES string of the molecule is CCCCN(CCCC)S(=O)(=O)c1cccc(F)c1C#N. The first kappa shape index (κ1) is 17.6. The molecule has 0 bridgehead atoms. The average Bonchev–Trinajstić information content (AvgIpc) is 2.46. The second kappa shape index (κ2) is 8.11. The van der Waals surface area contributed by atoms with Crippen LogP contribution in [0.2, 0.25) is 0 Å². The molecule has 4 nitrogen and oxygen atoms in total. The van der Waals surface area contributed by atoms with Crippen molar-refractivity contribution in [2.45, 2.75) is 44.4 Å². The maximum absolute atomic E-state index is 13.6. The van der Waals surface area contributed by atoms with Crippen LogP contribution in [-0.2, 0) is 10.0 Å². The fraction of sp³-hybridized carbons (Fsp3) is 0.533. The van der Waals surface area contributed by atoms with Crippen molar-refractivity contribution in [3.05, 3.63) is 29.6 Å². The molecule has 0 heterocycles. The van der Waals surface area contributed by atoms with Crippen LogP contribution in [0.1, 0.15) is 45.1 Å². The summed E-state index contributed by atoms with van der Waals surface area (Å²) in [6, 6.07) is 5.37. The lowest BCUT2D eigenvalue weighted by Gasteiger charge is -2.22. The van der Waals surface area contributed by atoms with Gasteiger partial charge < -0.3 is 0 Å². The maximum Gasteiger partial charge on any atom is 0.244 e. The first-order valence-electron chi connectivity index (χ1n) is 7.17. The molecule has 0 unspecified atom stereocenters. The zero-order chi connectivity index (χ0) is 15.9. The van der Waals surface area contributed by atoms with E-state index in [1.807, 2.05) is 13.8 Å². The van der Waals surface area contributed by atoms with Crippen molar-refractivity contribution in [1.82, 2.24) is 4.31 Å². The minimum atomic E-state index is -3.84. The summed E-state index contributed by atoms with van der Waals surface area (Å²) in [5.74, 6) is -0.801. The highest BCUT2D eigenvalue weighted by molar-refractivity contribution is 7.89. The van der Waals surface area contributed by atoms with Crippen LogP contribution in [-0.4, -0.2) is 25.8 Å². The van der Waals surface area contributed by atoms with Crippen LogP contribution in [0.3, 0.4) is 0 Å². The van der Waals surface area contributed by atoms with Gasteiger partial charge in [0.25, 0.3) is 0 Å². The molecule has 1 aromatic carbocycles. The Balaban J connectivity index is 3.22. The first-order valence-corrected chi connectivity index (χ1v) is 8.61. The van der Waals surface area contributed by atoms with E-state index in [1.165, 1.54) is 16.4 Å². The molecule has 6 heteroatoms. The van der Waals surface area contributed by atoms with Gasteiger partial charge in [0.2, 0.25) is 10.0 Å². The third-order valence-electron chi connectivity index (χ3n) is 3.23. The van der Waals surface area contributed by atoms with Crippen molar-refractivity contribution in [3.8, 4) is 6.07 Å². The van der Waals surface area contributed by atoms with E-state index in [-0.39, 0.29) is 4.90 Å².